The summed E-state index contributed by atoms with van der Waals surface area (Å²) in [5.74, 6) is -0.731. The van der Waals surface area contributed by atoms with Crippen molar-refractivity contribution in [2.24, 2.45) is 0 Å². The third-order valence-electron chi connectivity index (χ3n) is 5.73. The van der Waals surface area contributed by atoms with Crippen LogP contribution in [0.1, 0.15) is 49.4 Å². The molecule has 1 aliphatic carbocycles. The van der Waals surface area contributed by atoms with Crippen molar-refractivity contribution in [3.05, 3.63) is 58.0 Å². The Morgan fingerprint density at radius 1 is 1.17 bits per heavy atom. The Hall–Kier alpha value is -2.99. The van der Waals surface area contributed by atoms with E-state index in [1.165, 1.54) is 12.1 Å². The molecule has 12 heteroatoms. The van der Waals surface area contributed by atoms with Gasteiger partial charge in [-0.15, -0.1) is 0 Å². The highest BCUT2D eigenvalue weighted by molar-refractivity contribution is 8.17. The van der Waals surface area contributed by atoms with Crippen LogP contribution in [0.25, 0.3) is 6.08 Å². The van der Waals surface area contributed by atoms with Crippen LogP contribution in [-0.2, 0) is 17.4 Å². The number of benzene rings is 1. The summed E-state index contributed by atoms with van der Waals surface area (Å²) in [5, 5.41) is 8.22. The molecule has 3 rings (SSSR count). The van der Waals surface area contributed by atoms with Gasteiger partial charge in [0.2, 0.25) is 12.4 Å². The molecule has 0 radical (unpaired) electrons. The number of carbonyl (C=O) groups excluding carboxylic acids is 2. The van der Waals surface area contributed by atoms with Crippen LogP contribution < -0.4 is 16.0 Å². The van der Waals surface area contributed by atoms with Crippen molar-refractivity contribution in [1.29, 1.82) is 0 Å². The third-order valence-corrected chi connectivity index (χ3v) is 6.47. The van der Waals surface area contributed by atoms with Crippen molar-refractivity contribution >= 4 is 35.4 Å². The van der Waals surface area contributed by atoms with E-state index in [2.05, 4.69) is 25.9 Å². The predicted molar refractivity (Wildman–Crippen MR) is 131 cm³/mol. The van der Waals surface area contributed by atoms with Crippen molar-refractivity contribution in [2.45, 2.75) is 57.3 Å². The first-order valence-corrected chi connectivity index (χ1v) is 12.2. The van der Waals surface area contributed by atoms with Crippen molar-refractivity contribution < 1.29 is 27.2 Å². The second kappa shape index (κ2) is 12.8. The molecular formula is C24H27F4N5O2S. The van der Waals surface area contributed by atoms with E-state index < -0.39 is 22.8 Å². The molecule has 0 spiro atoms. The predicted octanol–water partition coefficient (Wildman–Crippen LogP) is 5.15. The molecule has 0 atom stereocenters. The van der Waals surface area contributed by atoms with Gasteiger partial charge in [0.25, 0.3) is 5.24 Å². The number of anilines is 1. The maximum absolute atomic E-state index is 14.2. The highest BCUT2D eigenvalue weighted by Crippen LogP contribution is 2.32. The van der Waals surface area contributed by atoms with E-state index in [-0.39, 0.29) is 24.1 Å². The van der Waals surface area contributed by atoms with Crippen LogP contribution in [0.4, 0.5) is 28.3 Å². The third kappa shape index (κ3) is 8.30. The molecule has 0 aliphatic heterocycles. The number of amides is 2. The average Bonchev–Trinajstić information content (AvgIpc) is 2.81. The molecule has 1 aromatic carbocycles. The monoisotopic (exact) mass is 525 g/mol. The van der Waals surface area contributed by atoms with Crippen LogP contribution in [0.5, 0.6) is 0 Å². The maximum atomic E-state index is 14.2. The van der Waals surface area contributed by atoms with Gasteiger partial charge in [0.1, 0.15) is 5.82 Å². The Morgan fingerprint density at radius 2 is 1.89 bits per heavy atom. The molecule has 194 valence electrons. The molecule has 1 heterocycles. The fraction of sp³-hybridized carbons (Fsp3) is 0.417. The topological polar surface area (TPSA) is 96.0 Å². The lowest BCUT2D eigenvalue weighted by Crippen LogP contribution is -2.38. The zero-order valence-electron chi connectivity index (χ0n) is 19.6. The first kappa shape index (κ1) is 27.6. The van der Waals surface area contributed by atoms with Crippen molar-refractivity contribution in [2.75, 3.05) is 11.9 Å². The average molecular weight is 526 g/mol. The minimum absolute atomic E-state index is 0.0526. The SMILES string of the molecule is CC(=Cc1ccnc(NC2CCC(NCCc3cccc(C(F)(F)F)c3F)CC2)n1)SC(=O)NC=O. The fourth-order valence-corrected chi connectivity index (χ4v) is 4.59. The number of imide groups is 1. The molecule has 0 bridgehead atoms. The van der Waals surface area contributed by atoms with E-state index in [0.29, 0.717) is 29.5 Å². The van der Waals surface area contributed by atoms with Gasteiger partial charge in [-0.3, -0.25) is 14.9 Å². The Kier molecular flexibility index (Phi) is 9.82. The first-order valence-electron chi connectivity index (χ1n) is 11.4. The van der Waals surface area contributed by atoms with E-state index in [9.17, 15) is 27.2 Å². The summed E-state index contributed by atoms with van der Waals surface area (Å²) < 4.78 is 52.8. The molecule has 1 fully saturated rings. The number of carbonyl (C=O) groups is 2. The number of allylic oxidation sites excluding steroid dienone is 1. The molecular weight excluding hydrogens is 498 g/mol. The van der Waals surface area contributed by atoms with E-state index in [1.54, 1.807) is 25.3 Å². The van der Waals surface area contributed by atoms with Gasteiger partial charge in [-0.05, 0) is 86.0 Å². The number of hydrogen-bond acceptors (Lipinski definition) is 7. The van der Waals surface area contributed by atoms with Crippen molar-refractivity contribution in [3.8, 4) is 0 Å². The molecule has 0 unspecified atom stereocenters. The van der Waals surface area contributed by atoms with Crippen LogP contribution in [0.15, 0.2) is 35.4 Å². The lowest BCUT2D eigenvalue weighted by molar-refractivity contribution is -0.140. The number of hydrogen-bond donors (Lipinski definition) is 3. The fourth-order valence-electron chi connectivity index (χ4n) is 4.01. The van der Waals surface area contributed by atoms with E-state index in [0.717, 1.165) is 43.5 Å². The second-order valence-electron chi connectivity index (χ2n) is 8.39. The van der Waals surface area contributed by atoms with Gasteiger partial charge < -0.3 is 10.6 Å². The smallest absolute Gasteiger partial charge is 0.351 e. The minimum atomic E-state index is -4.70. The van der Waals surface area contributed by atoms with Crippen molar-refractivity contribution in [1.82, 2.24) is 20.6 Å². The summed E-state index contributed by atoms with van der Waals surface area (Å²) in [6, 6.07) is 5.44. The van der Waals surface area contributed by atoms with E-state index in [4.69, 9.17) is 0 Å². The summed E-state index contributed by atoms with van der Waals surface area (Å²) in [7, 11) is 0. The zero-order valence-corrected chi connectivity index (χ0v) is 20.4. The van der Waals surface area contributed by atoms with Crippen LogP contribution in [0.2, 0.25) is 0 Å². The van der Waals surface area contributed by atoms with E-state index >= 15 is 0 Å². The molecule has 0 saturated heterocycles. The highest BCUT2D eigenvalue weighted by atomic mass is 32.2. The Labute approximate surface area is 210 Å². The molecule has 1 aliphatic rings. The Bertz CT molecular complexity index is 1090. The number of nitrogens with one attached hydrogen (secondary N) is 3. The molecule has 36 heavy (non-hydrogen) atoms. The normalized spacial score (nSPS) is 18.5. The molecule has 1 aromatic heterocycles. The molecule has 7 nitrogen and oxygen atoms in total. The number of alkyl halides is 3. The number of aromatic nitrogens is 2. The lowest BCUT2D eigenvalue weighted by atomic mass is 9.91. The highest BCUT2D eigenvalue weighted by Gasteiger charge is 2.34. The van der Waals surface area contributed by atoms with Gasteiger partial charge in [-0.25, -0.2) is 14.4 Å². The minimum Gasteiger partial charge on any atom is -0.351 e. The largest absolute Gasteiger partial charge is 0.419 e. The van der Waals surface area contributed by atoms with Gasteiger partial charge in [0.15, 0.2) is 0 Å². The number of halogens is 4. The van der Waals surface area contributed by atoms with Gasteiger partial charge >= 0.3 is 6.18 Å². The van der Waals surface area contributed by atoms with Gasteiger partial charge in [0, 0.05) is 18.3 Å². The van der Waals surface area contributed by atoms with E-state index in [1.807, 2.05) is 0 Å². The van der Waals surface area contributed by atoms with Crippen LogP contribution in [0.3, 0.4) is 0 Å². The standard InChI is InChI=1S/C24H27F4N5O2S/c1-15(36-23(35)31-14-34)13-19-10-12-30-22(33-19)32-18-7-5-17(6-8-18)29-11-9-16-3-2-4-20(21(16)25)24(26,27)28/h2-4,10,12-14,17-18,29H,5-9,11H2,1H3,(H,30,32,33)(H,31,34,35). The summed E-state index contributed by atoms with van der Waals surface area (Å²) in [5.41, 5.74) is -0.559. The quantitative estimate of drug-likeness (QED) is 0.308. The van der Waals surface area contributed by atoms with Gasteiger partial charge in [-0.2, -0.15) is 13.2 Å². The molecule has 2 amide bonds. The van der Waals surface area contributed by atoms with Gasteiger partial charge in [-0.1, -0.05) is 12.1 Å². The Balaban J connectivity index is 1.45. The summed E-state index contributed by atoms with van der Waals surface area (Å²) in [4.78, 5) is 31.2. The first-order chi connectivity index (χ1) is 17.2. The number of rotatable bonds is 9. The summed E-state index contributed by atoms with van der Waals surface area (Å²) in [6.45, 7) is 2.13. The number of thioether (sulfide) groups is 1. The van der Waals surface area contributed by atoms with Crippen molar-refractivity contribution in [3.63, 3.8) is 0 Å². The van der Waals surface area contributed by atoms with Crippen LogP contribution in [0, 0.1) is 5.82 Å². The summed E-state index contributed by atoms with van der Waals surface area (Å²) >= 11 is 0.889. The molecule has 2 aromatic rings. The maximum Gasteiger partial charge on any atom is 0.419 e. The summed E-state index contributed by atoms with van der Waals surface area (Å²) in [6.07, 6.45) is 2.53. The second-order valence-corrected chi connectivity index (χ2v) is 9.60. The molecule has 1 saturated carbocycles. The Morgan fingerprint density at radius 3 is 2.58 bits per heavy atom. The lowest BCUT2D eigenvalue weighted by Gasteiger charge is -2.30. The molecule has 3 N–H and O–H groups in total. The van der Waals surface area contributed by atoms with Crippen LogP contribution >= 0.6 is 11.8 Å². The van der Waals surface area contributed by atoms with Crippen LogP contribution in [-0.4, -0.2) is 40.2 Å². The number of nitrogens with zero attached hydrogens (tertiary/aromatic N) is 2. The zero-order chi connectivity index (χ0) is 26.1. The van der Waals surface area contributed by atoms with Gasteiger partial charge in [0.05, 0.1) is 11.3 Å².